The van der Waals surface area contributed by atoms with Gasteiger partial charge in [0.05, 0.1) is 19.3 Å². The van der Waals surface area contributed by atoms with Gasteiger partial charge in [-0.3, -0.25) is 4.79 Å². The van der Waals surface area contributed by atoms with Crippen molar-refractivity contribution in [3.63, 3.8) is 0 Å². The van der Waals surface area contributed by atoms with Crippen molar-refractivity contribution < 1.29 is 23.8 Å². The van der Waals surface area contributed by atoms with E-state index in [9.17, 15) is 9.59 Å². The summed E-state index contributed by atoms with van der Waals surface area (Å²) >= 11 is 0. The van der Waals surface area contributed by atoms with Gasteiger partial charge in [0.25, 0.3) is 5.91 Å². The van der Waals surface area contributed by atoms with Gasteiger partial charge in [0.15, 0.2) is 6.10 Å². The summed E-state index contributed by atoms with van der Waals surface area (Å²) in [6.07, 6.45) is -0.929. The highest BCUT2D eigenvalue weighted by molar-refractivity contribution is 5.97. The first-order valence-electron chi connectivity index (χ1n) is 7.92. The Morgan fingerprint density at radius 3 is 2.16 bits per heavy atom. The number of hydrogen-bond donors (Lipinski definition) is 1. The summed E-state index contributed by atoms with van der Waals surface area (Å²) in [6, 6.07) is 13.4. The number of carbonyl (C=O) groups is 2. The topological polar surface area (TPSA) is 73.9 Å². The molecule has 1 amide bonds. The van der Waals surface area contributed by atoms with E-state index in [1.165, 1.54) is 6.92 Å². The lowest BCUT2D eigenvalue weighted by Gasteiger charge is -2.14. The number of carbonyl (C=O) groups excluding carboxylic acids is 2. The molecule has 0 aliphatic heterocycles. The normalized spacial score (nSPS) is 11.3. The minimum absolute atomic E-state index is 0.354. The van der Waals surface area contributed by atoms with Crippen molar-refractivity contribution in [1.82, 2.24) is 0 Å². The highest BCUT2D eigenvalue weighted by Gasteiger charge is 2.19. The first-order chi connectivity index (χ1) is 12.0. The van der Waals surface area contributed by atoms with Gasteiger partial charge in [0, 0.05) is 5.69 Å². The predicted octanol–water partition coefficient (Wildman–Crippen LogP) is 3.28. The van der Waals surface area contributed by atoms with Crippen LogP contribution >= 0.6 is 0 Å². The molecule has 0 saturated carbocycles. The number of anilines is 1. The van der Waals surface area contributed by atoms with E-state index < -0.39 is 18.0 Å². The number of nitrogens with one attached hydrogen (secondary N) is 1. The molecule has 1 atom stereocenters. The molecule has 2 rings (SSSR count). The molecule has 2 aromatic carbocycles. The molecule has 2 aromatic rings. The Kier molecular flexibility index (Phi) is 6.39. The van der Waals surface area contributed by atoms with E-state index >= 15 is 0 Å². The van der Waals surface area contributed by atoms with Gasteiger partial charge in [-0.15, -0.1) is 0 Å². The number of methoxy groups -OCH3 is 1. The Hall–Kier alpha value is -3.02. The van der Waals surface area contributed by atoms with Crippen molar-refractivity contribution in [2.45, 2.75) is 20.0 Å². The second-order valence-electron chi connectivity index (χ2n) is 5.22. The van der Waals surface area contributed by atoms with Crippen LogP contribution in [0.25, 0.3) is 0 Å². The largest absolute Gasteiger partial charge is 0.497 e. The van der Waals surface area contributed by atoms with Crippen LogP contribution in [0, 0.1) is 0 Å². The third-order valence-corrected chi connectivity index (χ3v) is 3.41. The van der Waals surface area contributed by atoms with Crippen LogP contribution in [0.2, 0.25) is 0 Å². The summed E-state index contributed by atoms with van der Waals surface area (Å²) < 4.78 is 15.6. The minimum atomic E-state index is -0.929. The number of rotatable bonds is 7. The van der Waals surface area contributed by atoms with E-state index in [4.69, 9.17) is 14.2 Å². The standard InChI is InChI=1S/C19H21NO5/c1-4-24-17-9-5-14(6-10-17)19(22)25-13(2)18(21)20-15-7-11-16(23-3)12-8-15/h5-13H,4H2,1-3H3,(H,20,21). The van der Waals surface area contributed by atoms with E-state index in [1.54, 1.807) is 55.6 Å². The van der Waals surface area contributed by atoms with Crippen LogP contribution in [0.1, 0.15) is 24.2 Å². The number of amides is 1. The first-order valence-corrected chi connectivity index (χ1v) is 7.92. The molecule has 132 valence electrons. The third-order valence-electron chi connectivity index (χ3n) is 3.41. The predicted molar refractivity (Wildman–Crippen MR) is 94.1 cm³/mol. The number of benzene rings is 2. The fourth-order valence-corrected chi connectivity index (χ4v) is 2.05. The molecule has 0 fully saturated rings. The second kappa shape index (κ2) is 8.73. The maximum atomic E-state index is 12.1. The number of esters is 1. The van der Waals surface area contributed by atoms with Crippen molar-refractivity contribution >= 4 is 17.6 Å². The monoisotopic (exact) mass is 343 g/mol. The zero-order valence-corrected chi connectivity index (χ0v) is 14.4. The molecule has 0 saturated heterocycles. The molecule has 0 aliphatic carbocycles. The zero-order valence-electron chi connectivity index (χ0n) is 14.4. The van der Waals surface area contributed by atoms with Crippen LogP contribution in [0.5, 0.6) is 11.5 Å². The van der Waals surface area contributed by atoms with Gasteiger partial charge in [0.2, 0.25) is 0 Å². The number of ether oxygens (including phenoxy) is 3. The van der Waals surface area contributed by atoms with Crippen LogP contribution in [-0.2, 0) is 9.53 Å². The molecule has 6 heteroatoms. The van der Waals surface area contributed by atoms with Crippen LogP contribution < -0.4 is 14.8 Å². The van der Waals surface area contributed by atoms with E-state index in [1.807, 2.05) is 6.92 Å². The van der Waals surface area contributed by atoms with Crippen molar-refractivity contribution in [3.05, 3.63) is 54.1 Å². The third kappa shape index (κ3) is 5.24. The summed E-state index contributed by atoms with van der Waals surface area (Å²) in [7, 11) is 1.57. The van der Waals surface area contributed by atoms with Crippen LogP contribution in [-0.4, -0.2) is 31.7 Å². The second-order valence-corrected chi connectivity index (χ2v) is 5.22. The van der Waals surface area contributed by atoms with Crippen molar-refractivity contribution in [1.29, 1.82) is 0 Å². The lowest BCUT2D eigenvalue weighted by Crippen LogP contribution is -2.29. The molecule has 0 radical (unpaired) electrons. The van der Waals surface area contributed by atoms with Gasteiger partial charge in [-0.2, -0.15) is 0 Å². The summed E-state index contributed by atoms with van der Waals surface area (Å²) in [5.41, 5.74) is 0.947. The van der Waals surface area contributed by atoms with Gasteiger partial charge in [-0.1, -0.05) is 0 Å². The molecule has 0 spiro atoms. The number of hydrogen-bond acceptors (Lipinski definition) is 5. The molecule has 1 N–H and O–H groups in total. The highest BCUT2D eigenvalue weighted by Crippen LogP contribution is 2.16. The van der Waals surface area contributed by atoms with Crippen LogP contribution in [0.3, 0.4) is 0 Å². The molecule has 1 unspecified atom stereocenters. The van der Waals surface area contributed by atoms with Gasteiger partial charge in [-0.05, 0) is 62.4 Å². The smallest absolute Gasteiger partial charge is 0.338 e. The van der Waals surface area contributed by atoms with Crippen LogP contribution in [0.15, 0.2) is 48.5 Å². The van der Waals surface area contributed by atoms with Crippen molar-refractivity contribution in [2.75, 3.05) is 19.0 Å². The van der Waals surface area contributed by atoms with Gasteiger partial charge in [0.1, 0.15) is 11.5 Å². The Bertz CT molecular complexity index is 710. The Morgan fingerprint density at radius 1 is 1.00 bits per heavy atom. The Morgan fingerprint density at radius 2 is 1.60 bits per heavy atom. The average molecular weight is 343 g/mol. The summed E-state index contributed by atoms with van der Waals surface area (Å²) in [4.78, 5) is 24.2. The molecule has 0 aliphatic rings. The Labute approximate surface area is 146 Å². The van der Waals surface area contributed by atoms with E-state index in [-0.39, 0.29) is 0 Å². The van der Waals surface area contributed by atoms with E-state index in [0.29, 0.717) is 29.4 Å². The van der Waals surface area contributed by atoms with Crippen LogP contribution in [0.4, 0.5) is 5.69 Å². The SMILES string of the molecule is CCOc1ccc(C(=O)OC(C)C(=O)Nc2ccc(OC)cc2)cc1. The summed E-state index contributed by atoms with van der Waals surface area (Å²) in [5.74, 6) is 0.377. The van der Waals surface area contributed by atoms with E-state index in [0.717, 1.165) is 0 Å². The molecular weight excluding hydrogens is 322 g/mol. The molecule has 25 heavy (non-hydrogen) atoms. The van der Waals surface area contributed by atoms with Gasteiger partial charge >= 0.3 is 5.97 Å². The zero-order chi connectivity index (χ0) is 18.2. The first kappa shape index (κ1) is 18.3. The lowest BCUT2D eigenvalue weighted by atomic mass is 10.2. The quantitative estimate of drug-likeness (QED) is 0.781. The maximum Gasteiger partial charge on any atom is 0.338 e. The molecule has 0 aromatic heterocycles. The van der Waals surface area contributed by atoms with Crippen molar-refractivity contribution in [3.8, 4) is 11.5 Å². The summed E-state index contributed by atoms with van der Waals surface area (Å²) in [6.45, 7) is 3.95. The van der Waals surface area contributed by atoms with Gasteiger partial charge < -0.3 is 19.5 Å². The summed E-state index contributed by atoms with van der Waals surface area (Å²) in [5, 5.41) is 2.68. The molecule has 0 bridgehead atoms. The van der Waals surface area contributed by atoms with Crippen molar-refractivity contribution in [2.24, 2.45) is 0 Å². The van der Waals surface area contributed by atoms with E-state index in [2.05, 4.69) is 5.32 Å². The maximum absolute atomic E-state index is 12.1. The average Bonchev–Trinajstić information content (AvgIpc) is 2.63. The highest BCUT2D eigenvalue weighted by atomic mass is 16.5. The Balaban J connectivity index is 1.91. The minimum Gasteiger partial charge on any atom is -0.497 e. The molecule has 0 heterocycles. The van der Waals surface area contributed by atoms with Gasteiger partial charge in [-0.25, -0.2) is 4.79 Å². The molecular formula is C19H21NO5. The fourth-order valence-electron chi connectivity index (χ4n) is 2.05. The lowest BCUT2D eigenvalue weighted by molar-refractivity contribution is -0.123. The molecule has 6 nitrogen and oxygen atoms in total. The fraction of sp³-hybridized carbons (Fsp3) is 0.263.